The molecule has 1 amide bonds. The second kappa shape index (κ2) is 6.25. The van der Waals surface area contributed by atoms with Crippen molar-refractivity contribution in [1.82, 2.24) is 4.90 Å². The summed E-state index contributed by atoms with van der Waals surface area (Å²) in [5, 5.41) is 9.32. The van der Waals surface area contributed by atoms with E-state index in [1.165, 1.54) is 6.07 Å². The second-order valence-electron chi connectivity index (χ2n) is 4.03. The summed E-state index contributed by atoms with van der Waals surface area (Å²) in [5.41, 5.74) is 6.88. The van der Waals surface area contributed by atoms with E-state index in [4.69, 9.17) is 5.73 Å². The average Bonchev–Trinajstić information content (AvgIpc) is 2.29. The van der Waals surface area contributed by atoms with Gasteiger partial charge in [-0.3, -0.25) is 4.79 Å². The first-order chi connectivity index (χ1) is 8.10. The number of phenols is 1. The summed E-state index contributed by atoms with van der Waals surface area (Å²) < 4.78 is 0. The van der Waals surface area contributed by atoms with Gasteiger partial charge in [-0.25, -0.2) is 0 Å². The van der Waals surface area contributed by atoms with Crippen molar-refractivity contribution in [2.45, 2.75) is 20.3 Å². The highest BCUT2D eigenvalue weighted by atomic mass is 16.3. The number of aryl methyl sites for hydroxylation is 1. The highest BCUT2D eigenvalue weighted by Gasteiger charge is 2.15. The Morgan fingerprint density at radius 1 is 1.47 bits per heavy atom. The zero-order chi connectivity index (χ0) is 12.8. The summed E-state index contributed by atoms with van der Waals surface area (Å²) >= 11 is 0. The van der Waals surface area contributed by atoms with Crippen molar-refractivity contribution in [3.05, 3.63) is 29.3 Å². The van der Waals surface area contributed by atoms with E-state index >= 15 is 0 Å². The number of carbonyl (C=O) groups excluding carboxylic acids is 1. The molecule has 0 saturated heterocycles. The minimum absolute atomic E-state index is 0.00144. The Bertz CT molecular complexity index is 391. The van der Waals surface area contributed by atoms with Crippen LogP contribution in [0.25, 0.3) is 0 Å². The molecule has 0 saturated carbocycles. The number of nitrogens with zero attached hydrogens (tertiary/aromatic N) is 1. The van der Waals surface area contributed by atoms with Crippen LogP contribution in [-0.4, -0.2) is 35.5 Å². The molecule has 3 N–H and O–H groups in total. The Hall–Kier alpha value is -1.55. The summed E-state index contributed by atoms with van der Waals surface area (Å²) in [6.45, 7) is 5.69. The fourth-order valence-electron chi connectivity index (χ4n) is 1.74. The zero-order valence-electron chi connectivity index (χ0n) is 10.4. The zero-order valence-corrected chi connectivity index (χ0v) is 10.4. The Labute approximate surface area is 102 Å². The van der Waals surface area contributed by atoms with E-state index in [1.54, 1.807) is 17.0 Å². The lowest BCUT2D eigenvalue weighted by atomic mass is 10.1. The molecule has 0 aliphatic heterocycles. The van der Waals surface area contributed by atoms with Crippen molar-refractivity contribution < 1.29 is 9.90 Å². The summed E-state index contributed by atoms with van der Waals surface area (Å²) in [6.07, 6.45) is 0.802. The maximum absolute atomic E-state index is 12.2. The van der Waals surface area contributed by atoms with Gasteiger partial charge in [0.25, 0.3) is 5.91 Å². The van der Waals surface area contributed by atoms with Gasteiger partial charge in [0.05, 0.1) is 0 Å². The van der Waals surface area contributed by atoms with Crippen LogP contribution in [0.2, 0.25) is 0 Å². The monoisotopic (exact) mass is 236 g/mol. The van der Waals surface area contributed by atoms with Crippen molar-refractivity contribution in [3.8, 4) is 5.75 Å². The van der Waals surface area contributed by atoms with Crippen molar-refractivity contribution >= 4 is 5.91 Å². The van der Waals surface area contributed by atoms with Gasteiger partial charge >= 0.3 is 0 Å². The molecule has 1 aromatic rings. The van der Waals surface area contributed by atoms with E-state index in [1.807, 2.05) is 13.8 Å². The fraction of sp³-hybridized carbons (Fsp3) is 0.462. The summed E-state index contributed by atoms with van der Waals surface area (Å²) in [5.74, 6) is 0.183. The van der Waals surface area contributed by atoms with E-state index < -0.39 is 0 Å². The molecule has 1 rings (SSSR count). The maximum atomic E-state index is 12.2. The Morgan fingerprint density at radius 3 is 2.71 bits per heavy atom. The molecule has 0 radical (unpaired) electrons. The second-order valence-corrected chi connectivity index (χ2v) is 4.03. The number of hydrogen-bond donors (Lipinski definition) is 2. The number of benzene rings is 1. The summed E-state index contributed by atoms with van der Waals surface area (Å²) in [6, 6.07) is 4.80. The van der Waals surface area contributed by atoms with Crippen molar-refractivity contribution in [2.75, 3.05) is 19.6 Å². The first-order valence-corrected chi connectivity index (χ1v) is 5.89. The molecular formula is C13H20N2O2. The van der Waals surface area contributed by atoms with Gasteiger partial charge in [-0.1, -0.05) is 0 Å². The van der Waals surface area contributed by atoms with E-state index in [0.717, 1.165) is 12.0 Å². The first-order valence-electron chi connectivity index (χ1n) is 5.89. The number of carbonyl (C=O) groups is 1. The number of amides is 1. The Morgan fingerprint density at radius 2 is 2.18 bits per heavy atom. The fourth-order valence-corrected chi connectivity index (χ4v) is 1.74. The van der Waals surface area contributed by atoms with Gasteiger partial charge < -0.3 is 15.7 Å². The van der Waals surface area contributed by atoms with Gasteiger partial charge in [-0.2, -0.15) is 0 Å². The molecular weight excluding hydrogens is 216 g/mol. The molecule has 0 unspecified atom stereocenters. The topological polar surface area (TPSA) is 66.6 Å². The maximum Gasteiger partial charge on any atom is 0.254 e. The lowest BCUT2D eigenvalue weighted by Gasteiger charge is -2.21. The molecule has 17 heavy (non-hydrogen) atoms. The lowest BCUT2D eigenvalue weighted by molar-refractivity contribution is 0.0763. The van der Waals surface area contributed by atoms with Gasteiger partial charge in [-0.05, 0) is 50.6 Å². The minimum atomic E-state index is -0.00144. The molecule has 1 aromatic carbocycles. The highest BCUT2D eigenvalue weighted by Crippen LogP contribution is 2.17. The third-order valence-electron chi connectivity index (χ3n) is 2.74. The molecule has 0 atom stereocenters. The van der Waals surface area contributed by atoms with Crippen LogP contribution < -0.4 is 5.73 Å². The number of nitrogens with two attached hydrogens (primary N) is 1. The minimum Gasteiger partial charge on any atom is -0.508 e. The quantitative estimate of drug-likeness (QED) is 0.814. The molecule has 0 aliphatic carbocycles. The molecule has 4 nitrogen and oxygen atoms in total. The first kappa shape index (κ1) is 13.5. The van der Waals surface area contributed by atoms with Gasteiger partial charge in [0.15, 0.2) is 0 Å². The van der Waals surface area contributed by atoms with E-state index in [0.29, 0.717) is 25.2 Å². The van der Waals surface area contributed by atoms with Crippen LogP contribution in [0.1, 0.15) is 29.3 Å². The van der Waals surface area contributed by atoms with Gasteiger partial charge in [0, 0.05) is 18.7 Å². The third kappa shape index (κ3) is 3.46. The Balaban J connectivity index is 2.86. The largest absolute Gasteiger partial charge is 0.508 e. The molecule has 0 bridgehead atoms. The SMILES string of the molecule is CCN(CCCN)C(=O)c1ccc(O)cc1C. The van der Waals surface area contributed by atoms with Crippen LogP contribution in [-0.2, 0) is 0 Å². The average molecular weight is 236 g/mol. The summed E-state index contributed by atoms with van der Waals surface area (Å²) in [7, 11) is 0. The van der Waals surface area contributed by atoms with Crippen LogP contribution in [0, 0.1) is 6.92 Å². The molecule has 0 heterocycles. The van der Waals surface area contributed by atoms with Crippen molar-refractivity contribution in [2.24, 2.45) is 5.73 Å². The predicted octanol–water partition coefficient (Wildman–Crippen LogP) is 1.51. The molecule has 0 fully saturated rings. The van der Waals surface area contributed by atoms with Crippen LogP contribution >= 0.6 is 0 Å². The Kier molecular flexibility index (Phi) is 4.97. The van der Waals surface area contributed by atoms with Crippen LogP contribution in [0.15, 0.2) is 18.2 Å². The molecule has 0 aliphatic rings. The smallest absolute Gasteiger partial charge is 0.254 e. The van der Waals surface area contributed by atoms with Crippen LogP contribution in [0.3, 0.4) is 0 Å². The normalized spacial score (nSPS) is 10.3. The number of phenolic OH excluding ortho intramolecular Hbond substituents is 1. The lowest BCUT2D eigenvalue weighted by Crippen LogP contribution is -2.33. The third-order valence-corrected chi connectivity index (χ3v) is 2.74. The highest BCUT2D eigenvalue weighted by molar-refractivity contribution is 5.95. The van der Waals surface area contributed by atoms with E-state index in [-0.39, 0.29) is 11.7 Å². The van der Waals surface area contributed by atoms with E-state index in [2.05, 4.69) is 0 Å². The van der Waals surface area contributed by atoms with E-state index in [9.17, 15) is 9.90 Å². The van der Waals surface area contributed by atoms with Gasteiger partial charge in [0.2, 0.25) is 0 Å². The summed E-state index contributed by atoms with van der Waals surface area (Å²) in [4.78, 5) is 14.0. The molecule has 94 valence electrons. The van der Waals surface area contributed by atoms with Crippen molar-refractivity contribution in [1.29, 1.82) is 0 Å². The molecule has 0 aromatic heterocycles. The number of rotatable bonds is 5. The number of aromatic hydroxyl groups is 1. The van der Waals surface area contributed by atoms with Crippen molar-refractivity contribution in [3.63, 3.8) is 0 Å². The molecule has 0 spiro atoms. The van der Waals surface area contributed by atoms with Crippen LogP contribution in [0.4, 0.5) is 0 Å². The standard InChI is InChI=1S/C13H20N2O2/c1-3-15(8-4-7-14)13(17)12-6-5-11(16)9-10(12)2/h5-6,9,16H,3-4,7-8,14H2,1-2H3. The van der Waals surface area contributed by atoms with Crippen LogP contribution in [0.5, 0.6) is 5.75 Å². The predicted molar refractivity (Wildman–Crippen MR) is 68.1 cm³/mol. The molecule has 4 heteroatoms. The van der Waals surface area contributed by atoms with Gasteiger partial charge in [-0.15, -0.1) is 0 Å². The number of hydrogen-bond acceptors (Lipinski definition) is 3. The van der Waals surface area contributed by atoms with Gasteiger partial charge in [0.1, 0.15) is 5.75 Å².